The molecule has 20 heavy (non-hydrogen) atoms. The molecule has 0 bridgehead atoms. The van der Waals surface area contributed by atoms with E-state index < -0.39 is 0 Å². The minimum Gasteiger partial charge on any atom is -0.365 e. The Morgan fingerprint density at radius 1 is 1.30 bits per heavy atom. The van der Waals surface area contributed by atoms with Crippen molar-refractivity contribution in [3.05, 3.63) is 18.1 Å². The molecule has 1 aliphatic carbocycles. The average Bonchev–Trinajstić information content (AvgIpc) is 3.09. The van der Waals surface area contributed by atoms with E-state index >= 15 is 0 Å². The van der Waals surface area contributed by atoms with Gasteiger partial charge in [-0.25, -0.2) is 9.97 Å². The summed E-state index contributed by atoms with van der Waals surface area (Å²) < 4.78 is 0. The molecule has 108 valence electrons. The molecule has 1 saturated heterocycles. The van der Waals surface area contributed by atoms with Crippen molar-refractivity contribution in [2.45, 2.75) is 45.1 Å². The Hall–Kier alpha value is -1.65. The number of anilines is 1. The molecule has 2 heterocycles. The minimum atomic E-state index is 0.287. The molecule has 0 spiro atoms. The third-order valence-corrected chi connectivity index (χ3v) is 4.36. The first-order chi connectivity index (χ1) is 9.72. The molecule has 1 aromatic heterocycles. The van der Waals surface area contributed by atoms with E-state index in [1.54, 1.807) is 6.33 Å². The van der Waals surface area contributed by atoms with Gasteiger partial charge >= 0.3 is 0 Å². The fourth-order valence-corrected chi connectivity index (χ4v) is 3.25. The molecule has 0 aromatic carbocycles. The summed E-state index contributed by atoms with van der Waals surface area (Å²) in [5.41, 5.74) is 0.958. The monoisotopic (exact) mass is 274 g/mol. The van der Waals surface area contributed by atoms with Gasteiger partial charge in [-0.3, -0.25) is 4.79 Å². The van der Waals surface area contributed by atoms with Crippen LogP contribution in [0.1, 0.15) is 37.8 Å². The second-order valence-corrected chi connectivity index (χ2v) is 5.94. The van der Waals surface area contributed by atoms with E-state index in [0.29, 0.717) is 11.9 Å². The maximum atomic E-state index is 12.4. The van der Waals surface area contributed by atoms with Crippen LogP contribution in [0.15, 0.2) is 12.4 Å². The summed E-state index contributed by atoms with van der Waals surface area (Å²) in [5, 5.41) is 3.41. The minimum absolute atomic E-state index is 0.287. The van der Waals surface area contributed by atoms with Gasteiger partial charge in [0.25, 0.3) is 0 Å². The normalized spacial score (nSPS) is 23.2. The van der Waals surface area contributed by atoms with Crippen molar-refractivity contribution in [1.29, 1.82) is 0 Å². The molecule has 1 amide bonds. The predicted octanol–water partition coefficient (Wildman–Crippen LogP) is 1.99. The molecule has 1 N–H and O–H groups in total. The molecule has 1 atom stereocenters. The number of carbonyl (C=O) groups excluding carboxylic acids is 1. The Balaban J connectivity index is 1.55. The van der Waals surface area contributed by atoms with Gasteiger partial charge in [-0.15, -0.1) is 0 Å². The first-order valence-electron chi connectivity index (χ1n) is 7.56. The van der Waals surface area contributed by atoms with Crippen LogP contribution >= 0.6 is 0 Å². The van der Waals surface area contributed by atoms with Crippen LogP contribution in [0.4, 0.5) is 5.82 Å². The number of hydrogen-bond donors (Lipinski definition) is 1. The van der Waals surface area contributed by atoms with Crippen molar-refractivity contribution < 1.29 is 4.79 Å². The first-order valence-corrected chi connectivity index (χ1v) is 7.56. The maximum absolute atomic E-state index is 12.4. The lowest BCUT2D eigenvalue weighted by Crippen LogP contribution is -2.35. The molecule has 3 rings (SSSR count). The number of amides is 1. The summed E-state index contributed by atoms with van der Waals surface area (Å²) in [6.45, 7) is 3.63. The lowest BCUT2D eigenvalue weighted by Gasteiger charge is -2.20. The highest BCUT2D eigenvalue weighted by atomic mass is 16.2. The van der Waals surface area contributed by atoms with Crippen molar-refractivity contribution in [3.8, 4) is 0 Å². The number of nitrogens with one attached hydrogen (secondary N) is 1. The first kappa shape index (κ1) is 13.3. The van der Waals surface area contributed by atoms with Gasteiger partial charge in [0.05, 0.1) is 0 Å². The highest BCUT2D eigenvalue weighted by molar-refractivity contribution is 5.79. The van der Waals surface area contributed by atoms with E-state index in [0.717, 1.165) is 43.9 Å². The van der Waals surface area contributed by atoms with Gasteiger partial charge in [0.1, 0.15) is 12.1 Å². The number of aromatic nitrogens is 2. The van der Waals surface area contributed by atoms with E-state index in [1.807, 2.05) is 17.9 Å². The summed E-state index contributed by atoms with van der Waals surface area (Å²) in [6, 6.07) is 2.26. The number of likely N-dealkylation sites (tertiary alicyclic amines) is 1. The van der Waals surface area contributed by atoms with Crippen LogP contribution in [0.2, 0.25) is 0 Å². The Bertz CT molecular complexity index is 485. The molecular weight excluding hydrogens is 252 g/mol. The van der Waals surface area contributed by atoms with E-state index in [4.69, 9.17) is 0 Å². The van der Waals surface area contributed by atoms with Crippen LogP contribution in [0, 0.1) is 12.8 Å². The maximum Gasteiger partial charge on any atom is 0.225 e. The van der Waals surface area contributed by atoms with Crippen LogP contribution < -0.4 is 5.32 Å². The second-order valence-electron chi connectivity index (χ2n) is 5.94. The average molecular weight is 274 g/mol. The quantitative estimate of drug-likeness (QED) is 0.915. The van der Waals surface area contributed by atoms with Crippen LogP contribution in [0.3, 0.4) is 0 Å². The van der Waals surface area contributed by atoms with Crippen LogP contribution in [-0.4, -0.2) is 39.9 Å². The van der Waals surface area contributed by atoms with Crippen molar-refractivity contribution >= 4 is 11.7 Å². The highest BCUT2D eigenvalue weighted by Gasteiger charge is 2.32. The van der Waals surface area contributed by atoms with E-state index in [9.17, 15) is 4.79 Å². The van der Waals surface area contributed by atoms with Crippen LogP contribution in [0.5, 0.6) is 0 Å². The van der Waals surface area contributed by atoms with Crippen molar-refractivity contribution in [2.75, 3.05) is 18.4 Å². The third kappa shape index (κ3) is 2.92. The topological polar surface area (TPSA) is 58.1 Å². The Morgan fingerprint density at radius 3 is 2.85 bits per heavy atom. The summed E-state index contributed by atoms with van der Waals surface area (Å²) in [7, 11) is 0. The Labute approximate surface area is 119 Å². The van der Waals surface area contributed by atoms with Crippen molar-refractivity contribution in [2.24, 2.45) is 5.92 Å². The van der Waals surface area contributed by atoms with Gasteiger partial charge in [0.2, 0.25) is 5.91 Å². The van der Waals surface area contributed by atoms with Crippen LogP contribution in [-0.2, 0) is 4.79 Å². The SMILES string of the molecule is Cc1cc(NC2CCN(C(=O)C3CCCC3)C2)ncn1. The molecule has 2 fully saturated rings. The number of nitrogens with zero attached hydrogens (tertiary/aromatic N) is 3. The molecule has 5 nitrogen and oxygen atoms in total. The largest absolute Gasteiger partial charge is 0.365 e. The van der Waals surface area contributed by atoms with Gasteiger partial charge in [0, 0.05) is 36.8 Å². The molecule has 1 aliphatic heterocycles. The summed E-state index contributed by atoms with van der Waals surface area (Å²) in [6.07, 6.45) is 7.17. The number of hydrogen-bond acceptors (Lipinski definition) is 4. The Kier molecular flexibility index (Phi) is 3.85. The number of aryl methyl sites for hydroxylation is 1. The van der Waals surface area contributed by atoms with E-state index in [1.165, 1.54) is 12.8 Å². The van der Waals surface area contributed by atoms with Crippen molar-refractivity contribution in [3.63, 3.8) is 0 Å². The second kappa shape index (κ2) is 5.77. The van der Waals surface area contributed by atoms with Gasteiger partial charge in [-0.05, 0) is 26.2 Å². The molecule has 2 aliphatic rings. The zero-order chi connectivity index (χ0) is 13.9. The molecular formula is C15H22N4O. The molecule has 5 heteroatoms. The molecule has 1 saturated carbocycles. The predicted molar refractivity (Wildman–Crippen MR) is 77.3 cm³/mol. The summed E-state index contributed by atoms with van der Waals surface area (Å²) >= 11 is 0. The van der Waals surface area contributed by atoms with Gasteiger partial charge in [-0.2, -0.15) is 0 Å². The molecule has 1 aromatic rings. The standard InChI is InChI=1S/C15H22N4O/c1-11-8-14(17-10-16-11)18-13-6-7-19(9-13)15(20)12-4-2-3-5-12/h8,10,12-13H,2-7,9H2,1H3,(H,16,17,18). The summed E-state index contributed by atoms with van der Waals surface area (Å²) in [4.78, 5) is 22.7. The molecule has 0 radical (unpaired) electrons. The van der Waals surface area contributed by atoms with Gasteiger partial charge in [-0.1, -0.05) is 12.8 Å². The number of rotatable bonds is 3. The smallest absolute Gasteiger partial charge is 0.225 e. The highest BCUT2D eigenvalue weighted by Crippen LogP contribution is 2.28. The van der Waals surface area contributed by atoms with Crippen LogP contribution in [0.25, 0.3) is 0 Å². The lowest BCUT2D eigenvalue weighted by molar-refractivity contribution is -0.134. The van der Waals surface area contributed by atoms with Gasteiger partial charge < -0.3 is 10.2 Å². The zero-order valence-electron chi connectivity index (χ0n) is 12.0. The number of carbonyl (C=O) groups is 1. The fraction of sp³-hybridized carbons (Fsp3) is 0.667. The fourth-order valence-electron chi connectivity index (χ4n) is 3.25. The van der Waals surface area contributed by atoms with Gasteiger partial charge in [0.15, 0.2) is 0 Å². The third-order valence-electron chi connectivity index (χ3n) is 4.36. The van der Waals surface area contributed by atoms with E-state index in [2.05, 4.69) is 15.3 Å². The lowest BCUT2D eigenvalue weighted by atomic mass is 10.1. The Morgan fingerprint density at radius 2 is 2.10 bits per heavy atom. The summed E-state index contributed by atoms with van der Waals surface area (Å²) in [5.74, 6) is 1.51. The molecule has 1 unspecified atom stereocenters. The zero-order valence-corrected chi connectivity index (χ0v) is 12.0. The van der Waals surface area contributed by atoms with E-state index in [-0.39, 0.29) is 5.92 Å². The van der Waals surface area contributed by atoms with Crippen molar-refractivity contribution in [1.82, 2.24) is 14.9 Å².